The van der Waals surface area contributed by atoms with Gasteiger partial charge in [-0.25, -0.2) is 0 Å². The first-order chi connectivity index (χ1) is 14.1. The smallest absolute Gasteiger partial charge is 0.293 e. The lowest BCUT2D eigenvalue weighted by atomic mass is 9.79. The lowest BCUT2D eigenvalue weighted by Gasteiger charge is -2.24. The summed E-state index contributed by atoms with van der Waals surface area (Å²) in [6, 6.07) is 14.8. The Morgan fingerprint density at radius 3 is 2.37 bits per heavy atom. The molecule has 160 valence electrons. The molecule has 1 atom stereocenters. The summed E-state index contributed by atoms with van der Waals surface area (Å²) in [4.78, 5) is 13.0. The Labute approximate surface area is 175 Å². The molecule has 0 radical (unpaired) electrons. The number of Topliss-reactive ketones (excluding diaryl/α,β-unsaturated/α-hetero) is 1. The number of ketones is 1. The van der Waals surface area contributed by atoms with Crippen molar-refractivity contribution in [1.82, 2.24) is 5.01 Å². The van der Waals surface area contributed by atoms with Crippen LogP contribution in [-0.2, 0) is 16.4 Å². The number of carbonyl (C=O) groups excluding carboxylic acids is 1. The van der Waals surface area contributed by atoms with Crippen molar-refractivity contribution in [3.63, 3.8) is 0 Å². The molecule has 1 unspecified atom stereocenters. The van der Waals surface area contributed by atoms with Crippen molar-refractivity contribution < 1.29 is 18.0 Å². The normalized spacial score (nSPS) is 17.2. The highest BCUT2D eigenvalue weighted by Crippen LogP contribution is 2.36. The van der Waals surface area contributed by atoms with E-state index in [1.807, 2.05) is 51.1 Å². The van der Waals surface area contributed by atoms with Crippen molar-refractivity contribution in [3.8, 4) is 0 Å². The zero-order chi connectivity index (χ0) is 21.9. The molecule has 0 amide bonds. The molecule has 0 aromatic heterocycles. The maximum atomic E-state index is 13.2. The monoisotopic (exact) mass is 416 g/mol. The number of hydrazone groups is 1. The van der Waals surface area contributed by atoms with Gasteiger partial charge in [0.05, 0.1) is 11.6 Å². The molecular weight excluding hydrogens is 389 g/mol. The highest BCUT2D eigenvalue weighted by atomic mass is 19.4. The summed E-state index contributed by atoms with van der Waals surface area (Å²) >= 11 is 0. The van der Waals surface area contributed by atoms with Crippen LogP contribution in [0.25, 0.3) is 0 Å². The molecule has 1 heterocycles. The number of carbonyl (C=O) groups is 1. The molecule has 2 aromatic rings. The maximum absolute atomic E-state index is 13.2. The van der Waals surface area contributed by atoms with Gasteiger partial charge in [0.15, 0.2) is 5.78 Å². The Balaban J connectivity index is 1.81. The van der Waals surface area contributed by atoms with Crippen LogP contribution in [0.15, 0.2) is 59.7 Å². The third-order valence-corrected chi connectivity index (χ3v) is 5.53. The average Bonchev–Trinajstić information content (AvgIpc) is 3.12. The van der Waals surface area contributed by atoms with Gasteiger partial charge >= 0.3 is 6.18 Å². The van der Waals surface area contributed by atoms with Gasteiger partial charge in [0.2, 0.25) is 0 Å². The lowest BCUT2D eigenvalue weighted by Crippen LogP contribution is -2.26. The summed E-state index contributed by atoms with van der Waals surface area (Å²) < 4.78 is 39.5. The number of hydrogen-bond donors (Lipinski definition) is 0. The summed E-state index contributed by atoms with van der Waals surface area (Å²) in [5.41, 5.74) is 1.00. The Morgan fingerprint density at radius 2 is 1.73 bits per heavy atom. The molecule has 30 heavy (non-hydrogen) atoms. The fourth-order valence-corrected chi connectivity index (χ4v) is 3.87. The molecule has 1 aliphatic rings. The molecule has 3 nitrogen and oxygen atoms in total. The first kappa shape index (κ1) is 22.1. The van der Waals surface area contributed by atoms with E-state index in [0.29, 0.717) is 30.7 Å². The number of alkyl halides is 3. The molecule has 0 fully saturated rings. The second-order valence-electron chi connectivity index (χ2n) is 8.40. The molecule has 3 rings (SSSR count). The molecule has 0 bridgehead atoms. The minimum absolute atomic E-state index is 0.0561. The van der Waals surface area contributed by atoms with Crippen molar-refractivity contribution in [1.29, 1.82) is 0 Å². The molecule has 6 heteroatoms. The van der Waals surface area contributed by atoms with Crippen LogP contribution in [0, 0.1) is 0 Å². The summed E-state index contributed by atoms with van der Waals surface area (Å²) in [7, 11) is 0. The van der Waals surface area contributed by atoms with Gasteiger partial charge in [-0.2, -0.15) is 18.3 Å². The number of benzene rings is 2. The van der Waals surface area contributed by atoms with Crippen molar-refractivity contribution >= 4 is 11.5 Å². The largest absolute Gasteiger partial charge is 0.416 e. The minimum Gasteiger partial charge on any atom is -0.293 e. The molecule has 0 aliphatic carbocycles. The summed E-state index contributed by atoms with van der Waals surface area (Å²) in [5, 5.41) is 6.29. The van der Waals surface area contributed by atoms with E-state index < -0.39 is 11.7 Å². The first-order valence-electron chi connectivity index (χ1n) is 10.2. The maximum Gasteiger partial charge on any atom is 0.416 e. The SMILES string of the molecule is CCCN1N=C(C(=O)CC(C)(C)c2ccccc2)CC1c1cccc(C(F)(F)F)c1. The third-order valence-electron chi connectivity index (χ3n) is 5.53. The van der Waals surface area contributed by atoms with E-state index in [0.717, 1.165) is 18.1 Å². The predicted octanol–water partition coefficient (Wildman–Crippen LogP) is 6.16. The van der Waals surface area contributed by atoms with Gasteiger partial charge in [0, 0.05) is 19.4 Å². The highest BCUT2D eigenvalue weighted by molar-refractivity contribution is 6.40. The van der Waals surface area contributed by atoms with E-state index in [4.69, 9.17) is 0 Å². The lowest BCUT2D eigenvalue weighted by molar-refractivity contribution is -0.137. The van der Waals surface area contributed by atoms with Gasteiger partial charge in [-0.3, -0.25) is 9.80 Å². The van der Waals surface area contributed by atoms with Gasteiger partial charge in [0.25, 0.3) is 0 Å². The van der Waals surface area contributed by atoms with Crippen LogP contribution in [-0.4, -0.2) is 23.0 Å². The van der Waals surface area contributed by atoms with E-state index in [1.54, 1.807) is 11.1 Å². The molecule has 0 N–H and O–H groups in total. The Hall–Kier alpha value is -2.63. The summed E-state index contributed by atoms with van der Waals surface area (Å²) in [6.07, 6.45) is -2.99. The van der Waals surface area contributed by atoms with Crippen LogP contribution in [0.5, 0.6) is 0 Å². The van der Waals surface area contributed by atoms with Crippen LogP contribution in [0.3, 0.4) is 0 Å². The molecule has 2 aromatic carbocycles. The summed E-state index contributed by atoms with van der Waals surface area (Å²) in [6.45, 7) is 6.60. The van der Waals surface area contributed by atoms with Crippen LogP contribution in [0.1, 0.15) is 62.8 Å². The zero-order valence-electron chi connectivity index (χ0n) is 17.5. The van der Waals surface area contributed by atoms with Crippen LogP contribution >= 0.6 is 0 Å². The van der Waals surface area contributed by atoms with Gasteiger partial charge < -0.3 is 0 Å². The van der Waals surface area contributed by atoms with Crippen LogP contribution < -0.4 is 0 Å². The average molecular weight is 416 g/mol. The van der Waals surface area contributed by atoms with E-state index in [1.165, 1.54) is 12.1 Å². The Morgan fingerprint density at radius 1 is 1.07 bits per heavy atom. The zero-order valence-corrected chi connectivity index (χ0v) is 17.5. The van der Waals surface area contributed by atoms with Crippen molar-refractivity contribution in [2.45, 2.75) is 57.7 Å². The van der Waals surface area contributed by atoms with Gasteiger partial charge in [0.1, 0.15) is 5.71 Å². The predicted molar refractivity (Wildman–Crippen MR) is 112 cm³/mol. The van der Waals surface area contributed by atoms with E-state index >= 15 is 0 Å². The molecule has 0 spiro atoms. The molecule has 0 saturated heterocycles. The highest BCUT2D eigenvalue weighted by Gasteiger charge is 2.36. The van der Waals surface area contributed by atoms with E-state index in [-0.39, 0.29) is 17.2 Å². The second kappa shape index (κ2) is 8.62. The second-order valence-corrected chi connectivity index (χ2v) is 8.40. The van der Waals surface area contributed by atoms with E-state index in [2.05, 4.69) is 5.10 Å². The standard InChI is InChI=1S/C24H27F3N2O/c1-4-13-29-21(17-9-8-12-19(14-17)24(25,26)27)15-20(28-29)22(30)16-23(2,3)18-10-6-5-7-11-18/h5-12,14,21H,4,13,15-16H2,1-3H3. The Kier molecular flexibility index (Phi) is 6.34. The number of hydrogen-bond acceptors (Lipinski definition) is 3. The molecule has 0 saturated carbocycles. The van der Waals surface area contributed by atoms with Gasteiger partial charge in [-0.05, 0) is 35.1 Å². The first-order valence-corrected chi connectivity index (χ1v) is 10.2. The topological polar surface area (TPSA) is 32.7 Å². The number of rotatable bonds is 7. The molecular formula is C24H27F3N2O. The van der Waals surface area contributed by atoms with E-state index in [9.17, 15) is 18.0 Å². The molecule has 1 aliphatic heterocycles. The fourth-order valence-electron chi connectivity index (χ4n) is 3.87. The fraction of sp³-hybridized carbons (Fsp3) is 0.417. The Bertz CT molecular complexity index is 920. The van der Waals surface area contributed by atoms with Gasteiger partial charge in [-0.1, -0.05) is 63.2 Å². The quantitative estimate of drug-likeness (QED) is 0.542. The van der Waals surface area contributed by atoms with Crippen molar-refractivity contribution in [2.24, 2.45) is 5.10 Å². The number of halogens is 3. The van der Waals surface area contributed by atoms with Crippen LogP contribution in [0.4, 0.5) is 13.2 Å². The van der Waals surface area contributed by atoms with Gasteiger partial charge in [-0.15, -0.1) is 0 Å². The number of nitrogens with zero attached hydrogens (tertiary/aromatic N) is 2. The third kappa shape index (κ3) is 4.91. The van der Waals surface area contributed by atoms with Crippen molar-refractivity contribution in [2.75, 3.05) is 6.54 Å². The van der Waals surface area contributed by atoms with Crippen molar-refractivity contribution in [3.05, 3.63) is 71.3 Å². The van der Waals surface area contributed by atoms with Crippen LogP contribution in [0.2, 0.25) is 0 Å². The summed E-state index contributed by atoms with van der Waals surface area (Å²) in [5.74, 6) is -0.0561. The minimum atomic E-state index is -4.40.